The van der Waals surface area contributed by atoms with Crippen LogP contribution >= 0.6 is 0 Å². The third kappa shape index (κ3) is 40.0. The van der Waals surface area contributed by atoms with Crippen molar-refractivity contribution < 1.29 is 51.9 Å². The first kappa shape index (κ1) is 90.2. The van der Waals surface area contributed by atoms with Crippen molar-refractivity contribution >= 4 is 0 Å². The third-order valence-corrected chi connectivity index (χ3v) is 21.2. The minimum atomic E-state index is 0.276. The van der Waals surface area contributed by atoms with Crippen molar-refractivity contribution in [2.24, 2.45) is 0 Å². The summed E-state index contributed by atoms with van der Waals surface area (Å²) in [4.78, 5) is 0. The molecule has 11 nitrogen and oxygen atoms in total. The maximum atomic E-state index is 6.75. The molecule has 0 radical (unpaired) electrons. The lowest BCUT2D eigenvalue weighted by molar-refractivity contribution is -0.688. The molecule has 0 spiro atoms. The van der Waals surface area contributed by atoms with Gasteiger partial charge in [-0.3, -0.25) is 0 Å². The molecular weight excluding hydrogens is 1400 g/mol. The molecule has 0 aliphatic heterocycles. The van der Waals surface area contributed by atoms with Gasteiger partial charge in [0, 0.05) is 23.8 Å². The van der Waals surface area contributed by atoms with Gasteiger partial charge in [-0.15, -0.1) is 0 Å². The number of pyridine rings is 1. The standard InChI is InChI=1S/C102H144NO10/c1-5-9-13-17-21-25-29-33-37-44-70-104-93-58-48-86(49-59-93)80-110-99-66-56-90(76-101(99)112-82-88-52-62-95(63-53-88)106-72-46-39-35-31-27-23-19-15-11-7-3)84-108-97-74-92(79-103-68-42-41-43-69-103)75-98(78-97)109-85-91-57-67-100(111-81-87-50-60-94(61-51-87)105-71-45-38-34-30-26-22-18-14-10-6-2)102(77-91)113-83-89-54-64-96(65-55-89)107-73-47-40-36-32-28-24-20-16-12-8-4/h41-43,48-69,74-78H,5-40,44-47,70-73,79-85H2,1-4H3/q+1. The summed E-state index contributed by atoms with van der Waals surface area (Å²) in [7, 11) is 0. The molecule has 11 heteroatoms. The van der Waals surface area contributed by atoms with E-state index in [4.69, 9.17) is 47.4 Å². The van der Waals surface area contributed by atoms with Gasteiger partial charge in [-0.2, -0.15) is 0 Å². The molecule has 0 aliphatic rings. The molecule has 8 aromatic rings. The number of hydrogen-bond donors (Lipinski definition) is 0. The molecule has 0 amide bonds. The molecule has 0 unspecified atom stereocenters. The van der Waals surface area contributed by atoms with Gasteiger partial charge in [-0.1, -0.05) is 326 Å². The van der Waals surface area contributed by atoms with E-state index in [-0.39, 0.29) is 13.2 Å². The molecule has 0 fully saturated rings. The molecule has 113 heavy (non-hydrogen) atoms. The zero-order valence-electron chi connectivity index (χ0n) is 70.4. The Morgan fingerprint density at radius 1 is 0.186 bits per heavy atom. The molecular formula is C102H144NO10+. The number of unbranched alkanes of at least 4 members (excludes halogenated alkanes) is 36. The van der Waals surface area contributed by atoms with E-state index in [0.717, 1.165) is 114 Å². The second-order valence-electron chi connectivity index (χ2n) is 31.4. The van der Waals surface area contributed by atoms with Crippen LogP contribution in [0.1, 0.15) is 323 Å². The Bertz CT molecular complexity index is 3440. The lowest BCUT2D eigenvalue weighted by Crippen LogP contribution is -2.32. The average molecular weight is 1540 g/mol. The molecule has 0 saturated carbocycles. The average Bonchev–Trinajstić information content (AvgIpc) is 0.845. The van der Waals surface area contributed by atoms with Gasteiger partial charge in [0.05, 0.1) is 26.4 Å². The highest BCUT2D eigenvalue weighted by atomic mass is 16.5. The van der Waals surface area contributed by atoms with E-state index in [2.05, 4.69) is 166 Å². The molecule has 0 aliphatic carbocycles. The topological polar surface area (TPSA) is 96.2 Å². The Hall–Kier alpha value is -8.31. The van der Waals surface area contributed by atoms with Crippen molar-refractivity contribution in [2.75, 3.05) is 26.4 Å². The Labute approximate surface area is 683 Å². The van der Waals surface area contributed by atoms with Crippen LogP contribution in [0.25, 0.3) is 0 Å². The molecule has 0 saturated heterocycles. The van der Waals surface area contributed by atoms with Gasteiger partial charge in [-0.05, 0) is 144 Å². The van der Waals surface area contributed by atoms with Gasteiger partial charge >= 0.3 is 0 Å². The molecule has 0 bridgehead atoms. The van der Waals surface area contributed by atoms with Gasteiger partial charge in [0.15, 0.2) is 41.9 Å². The van der Waals surface area contributed by atoms with Crippen LogP contribution in [0.2, 0.25) is 0 Å². The second kappa shape index (κ2) is 58.5. The van der Waals surface area contributed by atoms with Crippen LogP contribution < -0.4 is 51.9 Å². The van der Waals surface area contributed by atoms with E-state index < -0.39 is 0 Å². The number of benzene rings is 7. The van der Waals surface area contributed by atoms with E-state index in [9.17, 15) is 0 Å². The monoisotopic (exact) mass is 1540 g/mol. The highest BCUT2D eigenvalue weighted by molar-refractivity contribution is 5.46. The van der Waals surface area contributed by atoms with E-state index >= 15 is 0 Å². The number of hydrogen-bond acceptors (Lipinski definition) is 10. The Morgan fingerprint density at radius 3 is 0.699 bits per heavy atom. The van der Waals surface area contributed by atoms with Gasteiger partial charge in [-0.25, -0.2) is 4.57 Å². The van der Waals surface area contributed by atoms with Crippen molar-refractivity contribution in [2.45, 2.75) is 331 Å². The minimum Gasteiger partial charge on any atom is -0.494 e. The summed E-state index contributed by atoms with van der Waals surface area (Å²) in [5.74, 6) is 7.45. The summed E-state index contributed by atoms with van der Waals surface area (Å²) in [6, 6.07) is 57.6. The lowest BCUT2D eigenvalue weighted by atomic mass is 10.1. The van der Waals surface area contributed by atoms with Crippen LogP contribution in [0.3, 0.4) is 0 Å². The van der Waals surface area contributed by atoms with Crippen LogP contribution in [-0.2, 0) is 46.2 Å². The molecule has 616 valence electrons. The molecule has 1 aromatic heterocycles. The van der Waals surface area contributed by atoms with E-state index in [1.165, 1.54) is 231 Å². The van der Waals surface area contributed by atoms with Crippen molar-refractivity contribution in [3.05, 3.63) is 221 Å². The summed E-state index contributed by atoms with van der Waals surface area (Å²) in [5, 5.41) is 0. The third-order valence-electron chi connectivity index (χ3n) is 21.2. The van der Waals surface area contributed by atoms with Crippen LogP contribution in [-0.4, -0.2) is 26.4 Å². The minimum absolute atomic E-state index is 0.276. The van der Waals surface area contributed by atoms with Gasteiger partial charge in [0.1, 0.15) is 74.1 Å². The maximum Gasteiger partial charge on any atom is 0.174 e. The Morgan fingerprint density at radius 2 is 0.425 bits per heavy atom. The van der Waals surface area contributed by atoms with Crippen LogP contribution in [0.5, 0.6) is 57.5 Å². The van der Waals surface area contributed by atoms with Crippen LogP contribution in [0.4, 0.5) is 0 Å². The molecule has 8 rings (SSSR count). The zero-order valence-corrected chi connectivity index (χ0v) is 70.4. The first-order valence-electron chi connectivity index (χ1n) is 44.9. The summed E-state index contributed by atoms with van der Waals surface area (Å²) < 4.78 is 67.0. The van der Waals surface area contributed by atoms with Crippen LogP contribution in [0, 0.1) is 0 Å². The summed E-state index contributed by atoms with van der Waals surface area (Å²) in [6.07, 6.45) is 56.2. The largest absolute Gasteiger partial charge is 0.494 e. The summed E-state index contributed by atoms with van der Waals surface area (Å²) in [5.41, 5.74) is 7.03. The molecule has 0 N–H and O–H groups in total. The number of nitrogens with zero attached hydrogens (tertiary/aromatic N) is 1. The quantitative estimate of drug-likeness (QED) is 0.0271. The van der Waals surface area contributed by atoms with Crippen molar-refractivity contribution in [3.63, 3.8) is 0 Å². The second-order valence-corrected chi connectivity index (χ2v) is 31.4. The first-order valence-corrected chi connectivity index (χ1v) is 44.9. The zero-order chi connectivity index (χ0) is 78.7. The molecule has 7 aromatic carbocycles. The fourth-order valence-corrected chi connectivity index (χ4v) is 14.2. The number of aromatic nitrogens is 1. The molecule has 1 heterocycles. The Balaban J connectivity index is 0.906. The van der Waals surface area contributed by atoms with Gasteiger partial charge in [0.25, 0.3) is 0 Å². The summed E-state index contributed by atoms with van der Waals surface area (Å²) >= 11 is 0. The van der Waals surface area contributed by atoms with Crippen molar-refractivity contribution in [1.29, 1.82) is 0 Å². The van der Waals surface area contributed by atoms with Crippen molar-refractivity contribution in [3.8, 4) is 57.5 Å². The van der Waals surface area contributed by atoms with E-state index in [1.807, 2.05) is 48.5 Å². The fraction of sp³-hybridized carbons (Fsp3) is 0.539. The van der Waals surface area contributed by atoms with Gasteiger partial charge in [0.2, 0.25) is 0 Å². The first-order chi connectivity index (χ1) is 55.9. The number of ether oxygens (including phenoxy) is 10. The predicted molar refractivity (Wildman–Crippen MR) is 466 cm³/mol. The number of rotatable bonds is 68. The normalized spacial score (nSPS) is 11.2. The van der Waals surface area contributed by atoms with Crippen LogP contribution in [0.15, 0.2) is 182 Å². The molecule has 0 atom stereocenters. The smallest absolute Gasteiger partial charge is 0.174 e. The maximum absolute atomic E-state index is 6.75. The highest BCUT2D eigenvalue weighted by Gasteiger charge is 2.16. The van der Waals surface area contributed by atoms with Crippen molar-refractivity contribution in [1.82, 2.24) is 0 Å². The summed E-state index contributed by atoms with van der Waals surface area (Å²) in [6.45, 7) is 14.6. The lowest BCUT2D eigenvalue weighted by Gasteiger charge is -2.16. The Kier molecular flexibility index (Phi) is 46.7. The van der Waals surface area contributed by atoms with E-state index in [0.29, 0.717) is 67.5 Å². The van der Waals surface area contributed by atoms with Gasteiger partial charge < -0.3 is 47.4 Å². The highest BCUT2D eigenvalue weighted by Crippen LogP contribution is 2.35. The van der Waals surface area contributed by atoms with E-state index in [1.54, 1.807) is 0 Å². The SMILES string of the molecule is CCCCCCCCCCCCOc1ccc(COc2ccc(COc3cc(C[n+]4ccccc4)cc(OCc4ccc(OCc5ccc(OCCCCCCCCCCCC)cc5)c(OCc5ccc(OCCCCCCCCCCCC)cc5)c4)c3)cc2OCc2ccc(OCCCCCCCCCCCC)cc2)cc1. The fourth-order valence-electron chi connectivity index (χ4n) is 14.2. The predicted octanol–water partition coefficient (Wildman–Crippen LogP) is 28.7.